The Balaban J connectivity index is 1.48. The molecule has 0 spiro atoms. The zero-order valence-corrected chi connectivity index (χ0v) is 17.7. The van der Waals surface area contributed by atoms with Gasteiger partial charge in [-0.15, -0.1) is 0 Å². The van der Waals surface area contributed by atoms with Crippen LogP contribution >= 0.6 is 0 Å². The van der Waals surface area contributed by atoms with Crippen molar-refractivity contribution < 1.29 is 14.4 Å². The number of allylic oxidation sites excluding steroid dienone is 1. The highest BCUT2D eigenvalue weighted by Crippen LogP contribution is 2.47. The van der Waals surface area contributed by atoms with E-state index in [-0.39, 0.29) is 23.5 Å². The van der Waals surface area contributed by atoms with E-state index in [2.05, 4.69) is 26.0 Å². The number of rotatable bonds is 7. The first-order valence-corrected chi connectivity index (χ1v) is 10.6. The minimum atomic E-state index is -0.663. The zero-order chi connectivity index (χ0) is 21.5. The lowest BCUT2D eigenvalue weighted by Gasteiger charge is -2.23. The number of hydrogen-bond acceptors (Lipinski definition) is 3. The Hall–Kier alpha value is -3.01. The van der Waals surface area contributed by atoms with E-state index < -0.39 is 5.54 Å². The molecule has 2 aromatic rings. The quantitative estimate of drug-likeness (QED) is 0.488. The average molecular weight is 402 g/mol. The molecule has 4 rings (SSSR count). The first-order chi connectivity index (χ1) is 14.3. The topological polar surface area (TPSA) is 54.5 Å². The smallest absolute Gasteiger partial charge is 0.262 e. The van der Waals surface area contributed by atoms with Gasteiger partial charge in [0.1, 0.15) is 0 Å². The third-order valence-corrected chi connectivity index (χ3v) is 6.11. The molecule has 1 heterocycles. The number of fused-ring (bicyclic) bond motifs is 1. The zero-order valence-electron chi connectivity index (χ0n) is 17.7. The van der Waals surface area contributed by atoms with Gasteiger partial charge in [-0.05, 0) is 54.5 Å². The number of carbonyl (C=O) groups is 3. The van der Waals surface area contributed by atoms with Crippen molar-refractivity contribution in [3.8, 4) is 0 Å². The van der Waals surface area contributed by atoms with Crippen molar-refractivity contribution >= 4 is 17.6 Å². The highest BCUT2D eigenvalue weighted by atomic mass is 16.2. The fourth-order valence-electron chi connectivity index (χ4n) is 4.15. The van der Waals surface area contributed by atoms with Crippen molar-refractivity contribution in [2.75, 3.05) is 0 Å². The predicted octanol–water partition coefficient (Wildman–Crippen LogP) is 4.94. The van der Waals surface area contributed by atoms with Crippen LogP contribution in [0, 0.1) is 5.92 Å². The third kappa shape index (κ3) is 3.62. The predicted molar refractivity (Wildman–Crippen MR) is 116 cm³/mol. The Morgan fingerprint density at radius 1 is 0.967 bits per heavy atom. The lowest BCUT2D eigenvalue weighted by atomic mass is 9.93. The molecule has 154 valence electrons. The van der Waals surface area contributed by atoms with E-state index in [1.165, 1.54) is 10.5 Å². The van der Waals surface area contributed by atoms with Crippen LogP contribution in [0.2, 0.25) is 0 Å². The summed E-state index contributed by atoms with van der Waals surface area (Å²) in [5.41, 5.74) is 2.48. The van der Waals surface area contributed by atoms with Crippen LogP contribution in [0.15, 0.2) is 60.7 Å². The number of carbonyl (C=O) groups excluding carboxylic acids is 3. The van der Waals surface area contributed by atoms with Crippen molar-refractivity contribution in [2.45, 2.75) is 51.5 Å². The van der Waals surface area contributed by atoms with Gasteiger partial charge < -0.3 is 0 Å². The van der Waals surface area contributed by atoms with Crippen LogP contribution in [0.4, 0.5) is 0 Å². The second-order valence-electron chi connectivity index (χ2n) is 8.89. The molecule has 2 amide bonds. The van der Waals surface area contributed by atoms with Crippen LogP contribution in [0.25, 0.3) is 0 Å². The van der Waals surface area contributed by atoms with Crippen molar-refractivity contribution in [1.29, 1.82) is 0 Å². The molecule has 2 aliphatic rings. The molecular weight excluding hydrogens is 374 g/mol. The van der Waals surface area contributed by atoms with Crippen molar-refractivity contribution in [3.63, 3.8) is 0 Å². The number of ketones is 1. The van der Waals surface area contributed by atoms with Crippen LogP contribution < -0.4 is 0 Å². The molecule has 1 aliphatic heterocycles. The van der Waals surface area contributed by atoms with E-state index in [1.54, 1.807) is 36.4 Å². The molecule has 0 aromatic heterocycles. The summed E-state index contributed by atoms with van der Waals surface area (Å²) >= 11 is 0. The first-order valence-electron chi connectivity index (χ1n) is 10.6. The fourth-order valence-corrected chi connectivity index (χ4v) is 4.15. The molecule has 30 heavy (non-hydrogen) atoms. The van der Waals surface area contributed by atoms with Gasteiger partial charge in [-0.1, -0.05) is 63.2 Å². The first kappa shape index (κ1) is 20.3. The van der Waals surface area contributed by atoms with Crippen LogP contribution in [-0.2, 0) is 11.2 Å². The monoisotopic (exact) mass is 401 g/mol. The summed E-state index contributed by atoms with van der Waals surface area (Å²) in [6.45, 7) is 6.27. The summed E-state index contributed by atoms with van der Waals surface area (Å²) in [5.74, 6) is -0.227. The minimum absolute atomic E-state index is 0.0190. The van der Waals surface area contributed by atoms with E-state index in [0.29, 0.717) is 29.9 Å². The summed E-state index contributed by atoms with van der Waals surface area (Å²) in [7, 11) is 0. The minimum Gasteiger partial charge on any atom is -0.294 e. The molecule has 4 nitrogen and oxygen atoms in total. The summed E-state index contributed by atoms with van der Waals surface area (Å²) < 4.78 is 0. The molecule has 1 saturated carbocycles. The number of nitrogens with zero attached hydrogens (tertiary/aromatic N) is 1. The van der Waals surface area contributed by atoms with Gasteiger partial charge in [0.25, 0.3) is 11.8 Å². The maximum Gasteiger partial charge on any atom is 0.262 e. The highest BCUT2D eigenvalue weighted by molar-refractivity contribution is 6.22. The molecule has 0 radical (unpaired) electrons. The van der Waals surface area contributed by atoms with Crippen molar-refractivity contribution in [2.24, 2.45) is 5.92 Å². The summed E-state index contributed by atoms with van der Waals surface area (Å²) in [6.07, 6.45) is 5.73. The second kappa shape index (κ2) is 7.67. The van der Waals surface area contributed by atoms with Crippen molar-refractivity contribution in [3.05, 3.63) is 82.9 Å². The molecule has 0 bridgehead atoms. The summed E-state index contributed by atoms with van der Waals surface area (Å²) in [5, 5.41) is 0. The number of imide groups is 1. The van der Waals surface area contributed by atoms with Gasteiger partial charge in [0, 0.05) is 5.92 Å². The van der Waals surface area contributed by atoms with Gasteiger partial charge in [0.15, 0.2) is 5.78 Å². The van der Waals surface area contributed by atoms with Gasteiger partial charge in [0.2, 0.25) is 0 Å². The highest BCUT2D eigenvalue weighted by Gasteiger charge is 2.54. The van der Waals surface area contributed by atoms with Crippen molar-refractivity contribution in [1.82, 2.24) is 4.90 Å². The Bertz CT molecular complexity index is 993. The lowest BCUT2D eigenvalue weighted by Crippen LogP contribution is -2.40. The summed E-state index contributed by atoms with van der Waals surface area (Å²) in [4.78, 5) is 39.7. The number of benzene rings is 2. The van der Waals surface area contributed by atoms with E-state index in [1.807, 2.05) is 19.1 Å². The number of hydrogen-bond donors (Lipinski definition) is 0. The molecule has 1 atom stereocenters. The van der Waals surface area contributed by atoms with E-state index >= 15 is 0 Å². The van der Waals surface area contributed by atoms with Gasteiger partial charge in [-0.25, -0.2) is 0 Å². The lowest BCUT2D eigenvalue weighted by molar-refractivity contribution is -0.115. The maximum atomic E-state index is 12.8. The molecular formula is C26H27NO3. The largest absolute Gasteiger partial charge is 0.294 e. The molecule has 1 unspecified atom stereocenters. The van der Waals surface area contributed by atoms with E-state index in [4.69, 9.17) is 0 Å². The Morgan fingerprint density at radius 2 is 1.53 bits per heavy atom. The third-order valence-electron chi connectivity index (χ3n) is 6.11. The Kier molecular flexibility index (Phi) is 5.19. The van der Waals surface area contributed by atoms with Gasteiger partial charge in [0.05, 0.1) is 16.7 Å². The fraction of sp³-hybridized carbons (Fsp3) is 0.346. The molecule has 0 saturated heterocycles. The summed E-state index contributed by atoms with van der Waals surface area (Å²) in [6, 6.07) is 15.1. The second-order valence-corrected chi connectivity index (χ2v) is 8.89. The van der Waals surface area contributed by atoms with Crippen LogP contribution in [0.3, 0.4) is 0 Å². The SMILES string of the molecule is CC(C)Cc1ccc(C(C)C(=O)/C=C/C2(N3C(=O)c4ccccc4C3=O)CC2)cc1. The standard InChI is InChI=1S/C26H27NO3/c1-17(2)16-19-8-10-20(11-9-19)18(3)23(28)12-13-26(14-15-26)27-24(29)21-6-4-5-7-22(21)25(27)30/h4-13,17-18H,14-16H2,1-3H3/b13-12+. The molecule has 1 aliphatic carbocycles. The molecule has 2 aromatic carbocycles. The maximum absolute atomic E-state index is 12.8. The Morgan fingerprint density at radius 3 is 2.03 bits per heavy atom. The van der Waals surface area contributed by atoms with Crippen LogP contribution in [0.5, 0.6) is 0 Å². The number of amides is 2. The average Bonchev–Trinajstić information content (AvgIpc) is 3.47. The van der Waals surface area contributed by atoms with E-state index in [9.17, 15) is 14.4 Å². The molecule has 1 fully saturated rings. The van der Waals surface area contributed by atoms with E-state index in [0.717, 1.165) is 12.0 Å². The molecule has 0 N–H and O–H groups in total. The molecule has 4 heteroatoms. The normalized spacial score (nSPS) is 18.2. The van der Waals surface area contributed by atoms with Crippen LogP contribution in [0.1, 0.15) is 71.4 Å². The van der Waals surface area contributed by atoms with Gasteiger partial charge >= 0.3 is 0 Å². The van der Waals surface area contributed by atoms with Gasteiger partial charge in [-0.2, -0.15) is 0 Å². The Labute approximate surface area is 177 Å². The van der Waals surface area contributed by atoms with Gasteiger partial charge in [-0.3, -0.25) is 19.3 Å². The van der Waals surface area contributed by atoms with Crippen LogP contribution in [-0.4, -0.2) is 28.0 Å².